The van der Waals surface area contributed by atoms with Crippen molar-refractivity contribution in [3.63, 3.8) is 0 Å². The normalized spacial score (nSPS) is 10.3. The van der Waals surface area contributed by atoms with Crippen molar-refractivity contribution < 1.29 is 14.6 Å². The van der Waals surface area contributed by atoms with Gasteiger partial charge in [-0.05, 0) is 24.1 Å². The van der Waals surface area contributed by atoms with Gasteiger partial charge in [0.05, 0.1) is 13.2 Å². The van der Waals surface area contributed by atoms with E-state index < -0.39 is 0 Å². The van der Waals surface area contributed by atoms with Crippen LogP contribution >= 0.6 is 0 Å². The first-order chi connectivity index (χ1) is 7.36. The van der Waals surface area contributed by atoms with Gasteiger partial charge in [-0.1, -0.05) is 12.1 Å². The van der Waals surface area contributed by atoms with Gasteiger partial charge in [0.1, 0.15) is 5.75 Å². The molecule has 0 aliphatic heterocycles. The molecule has 3 nitrogen and oxygen atoms in total. The predicted molar refractivity (Wildman–Crippen MR) is 59.2 cm³/mol. The molecule has 3 heteroatoms. The molecule has 0 bridgehead atoms. The summed E-state index contributed by atoms with van der Waals surface area (Å²) in [5.41, 5.74) is 1.24. The first-order valence-corrected chi connectivity index (χ1v) is 5.18. The third-order valence-electron chi connectivity index (χ3n) is 2.09. The Balaban J connectivity index is 2.35. The Labute approximate surface area is 90.6 Å². The number of rotatable bonds is 7. The zero-order valence-electron chi connectivity index (χ0n) is 9.11. The second-order valence-electron chi connectivity index (χ2n) is 3.31. The standard InChI is InChI=1S/C12H18O3/c1-14-10-7-11-3-5-12(6-4-11)15-9-2-8-13/h3-6,13H,2,7-10H2,1H3. The summed E-state index contributed by atoms with van der Waals surface area (Å²) < 4.78 is 10.4. The van der Waals surface area contributed by atoms with Gasteiger partial charge in [-0.2, -0.15) is 0 Å². The number of hydrogen-bond acceptors (Lipinski definition) is 3. The van der Waals surface area contributed by atoms with Crippen molar-refractivity contribution in [1.29, 1.82) is 0 Å². The fourth-order valence-corrected chi connectivity index (χ4v) is 1.23. The number of hydrogen-bond donors (Lipinski definition) is 1. The van der Waals surface area contributed by atoms with E-state index in [0.29, 0.717) is 13.0 Å². The molecule has 84 valence electrons. The molecule has 15 heavy (non-hydrogen) atoms. The molecule has 0 aliphatic carbocycles. The minimum Gasteiger partial charge on any atom is -0.494 e. The minimum atomic E-state index is 0.173. The van der Waals surface area contributed by atoms with E-state index in [1.165, 1.54) is 5.56 Å². The Morgan fingerprint density at radius 3 is 2.47 bits per heavy atom. The zero-order valence-corrected chi connectivity index (χ0v) is 9.11. The lowest BCUT2D eigenvalue weighted by atomic mass is 10.1. The number of ether oxygens (including phenoxy) is 2. The molecule has 0 fully saturated rings. The molecule has 1 aromatic carbocycles. The Bertz CT molecular complexity index is 256. The largest absolute Gasteiger partial charge is 0.494 e. The van der Waals surface area contributed by atoms with Crippen molar-refractivity contribution in [2.45, 2.75) is 12.8 Å². The average molecular weight is 210 g/mol. The lowest BCUT2D eigenvalue weighted by molar-refractivity contribution is 0.202. The van der Waals surface area contributed by atoms with Crippen LogP contribution in [-0.2, 0) is 11.2 Å². The summed E-state index contributed by atoms with van der Waals surface area (Å²) in [6.45, 7) is 1.48. The van der Waals surface area contributed by atoms with Crippen LogP contribution in [0.15, 0.2) is 24.3 Å². The van der Waals surface area contributed by atoms with Gasteiger partial charge in [0.2, 0.25) is 0 Å². The van der Waals surface area contributed by atoms with E-state index in [1.807, 2.05) is 24.3 Å². The highest BCUT2D eigenvalue weighted by atomic mass is 16.5. The SMILES string of the molecule is COCCc1ccc(OCCCO)cc1. The summed E-state index contributed by atoms with van der Waals surface area (Å²) in [6, 6.07) is 7.96. The number of aliphatic hydroxyl groups excluding tert-OH is 1. The van der Waals surface area contributed by atoms with Crippen LogP contribution < -0.4 is 4.74 Å². The van der Waals surface area contributed by atoms with E-state index in [-0.39, 0.29) is 6.61 Å². The molecule has 0 aromatic heterocycles. The Morgan fingerprint density at radius 2 is 1.87 bits per heavy atom. The fourth-order valence-electron chi connectivity index (χ4n) is 1.23. The molecule has 0 spiro atoms. The first kappa shape index (κ1) is 12.0. The highest BCUT2D eigenvalue weighted by Crippen LogP contribution is 2.12. The average Bonchev–Trinajstić information content (AvgIpc) is 2.28. The Morgan fingerprint density at radius 1 is 1.13 bits per heavy atom. The molecule has 0 radical (unpaired) electrons. The first-order valence-electron chi connectivity index (χ1n) is 5.18. The van der Waals surface area contributed by atoms with Crippen LogP contribution in [0.1, 0.15) is 12.0 Å². The molecule has 1 rings (SSSR count). The van der Waals surface area contributed by atoms with Crippen molar-refractivity contribution >= 4 is 0 Å². The minimum absolute atomic E-state index is 0.173. The molecule has 0 saturated heterocycles. The summed E-state index contributed by atoms with van der Waals surface area (Å²) in [7, 11) is 1.70. The lowest BCUT2D eigenvalue weighted by Crippen LogP contribution is -2.00. The predicted octanol–water partition coefficient (Wildman–Crippen LogP) is 1.64. The van der Waals surface area contributed by atoms with E-state index in [0.717, 1.165) is 18.8 Å². The molecule has 1 N–H and O–H groups in total. The van der Waals surface area contributed by atoms with E-state index >= 15 is 0 Å². The highest BCUT2D eigenvalue weighted by Gasteiger charge is 1.95. The third kappa shape index (κ3) is 4.81. The molecule has 0 aliphatic rings. The zero-order chi connectivity index (χ0) is 10.9. The third-order valence-corrected chi connectivity index (χ3v) is 2.09. The summed E-state index contributed by atoms with van der Waals surface area (Å²) >= 11 is 0. The van der Waals surface area contributed by atoms with Gasteiger partial charge in [-0.15, -0.1) is 0 Å². The van der Waals surface area contributed by atoms with Crippen molar-refractivity contribution in [1.82, 2.24) is 0 Å². The van der Waals surface area contributed by atoms with Gasteiger partial charge in [-0.3, -0.25) is 0 Å². The summed E-state index contributed by atoms with van der Waals surface area (Å²) in [4.78, 5) is 0. The monoisotopic (exact) mass is 210 g/mol. The second kappa shape index (κ2) is 7.26. The highest BCUT2D eigenvalue weighted by molar-refractivity contribution is 5.27. The van der Waals surface area contributed by atoms with Crippen molar-refractivity contribution in [2.24, 2.45) is 0 Å². The van der Waals surface area contributed by atoms with Crippen LogP contribution in [0.4, 0.5) is 0 Å². The van der Waals surface area contributed by atoms with Gasteiger partial charge in [-0.25, -0.2) is 0 Å². The second-order valence-corrected chi connectivity index (χ2v) is 3.31. The number of methoxy groups -OCH3 is 1. The topological polar surface area (TPSA) is 38.7 Å². The summed E-state index contributed by atoms with van der Waals surface area (Å²) in [5.74, 6) is 0.851. The number of aliphatic hydroxyl groups is 1. The Kier molecular flexibility index (Phi) is 5.81. The van der Waals surface area contributed by atoms with Crippen LogP contribution in [0.5, 0.6) is 5.75 Å². The molecule has 0 heterocycles. The molecule has 0 unspecified atom stereocenters. The van der Waals surface area contributed by atoms with Crippen molar-refractivity contribution in [3.05, 3.63) is 29.8 Å². The van der Waals surface area contributed by atoms with E-state index in [9.17, 15) is 0 Å². The molecule has 0 atom stereocenters. The van der Waals surface area contributed by atoms with Crippen LogP contribution in [0.25, 0.3) is 0 Å². The van der Waals surface area contributed by atoms with Crippen molar-refractivity contribution in [2.75, 3.05) is 26.9 Å². The van der Waals surface area contributed by atoms with E-state index in [1.54, 1.807) is 7.11 Å². The van der Waals surface area contributed by atoms with Crippen LogP contribution in [0, 0.1) is 0 Å². The Hall–Kier alpha value is -1.06. The molecular weight excluding hydrogens is 192 g/mol. The molecule has 1 aromatic rings. The molecule has 0 amide bonds. The summed E-state index contributed by atoms with van der Waals surface area (Å²) in [6.07, 6.45) is 1.60. The quantitative estimate of drug-likeness (QED) is 0.695. The smallest absolute Gasteiger partial charge is 0.119 e. The van der Waals surface area contributed by atoms with Gasteiger partial charge in [0.15, 0.2) is 0 Å². The molecular formula is C12H18O3. The fraction of sp³-hybridized carbons (Fsp3) is 0.500. The van der Waals surface area contributed by atoms with Crippen molar-refractivity contribution in [3.8, 4) is 5.75 Å². The lowest BCUT2D eigenvalue weighted by Gasteiger charge is -2.06. The van der Waals surface area contributed by atoms with Crippen LogP contribution in [-0.4, -0.2) is 32.0 Å². The van der Waals surface area contributed by atoms with Gasteiger partial charge >= 0.3 is 0 Å². The van der Waals surface area contributed by atoms with Crippen LogP contribution in [0.3, 0.4) is 0 Å². The van der Waals surface area contributed by atoms with E-state index in [4.69, 9.17) is 14.6 Å². The maximum absolute atomic E-state index is 8.59. The number of benzene rings is 1. The van der Waals surface area contributed by atoms with Gasteiger partial charge in [0.25, 0.3) is 0 Å². The van der Waals surface area contributed by atoms with Gasteiger partial charge < -0.3 is 14.6 Å². The van der Waals surface area contributed by atoms with E-state index in [2.05, 4.69) is 0 Å². The van der Waals surface area contributed by atoms with Crippen LogP contribution in [0.2, 0.25) is 0 Å². The molecule has 0 saturated carbocycles. The maximum Gasteiger partial charge on any atom is 0.119 e. The maximum atomic E-state index is 8.59. The summed E-state index contributed by atoms with van der Waals surface area (Å²) in [5, 5.41) is 8.59. The van der Waals surface area contributed by atoms with Gasteiger partial charge in [0, 0.05) is 20.1 Å².